The summed E-state index contributed by atoms with van der Waals surface area (Å²) in [5.41, 5.74) is 1.95. The molecule has 2 heterocycles. The van der Waals surface area contributed by atoms with Crippen LogP contribution in [0.3, 0.4) is 0 Å². The van der Waals surface area contributed by atoms with Gasteiger partial charge in [-0.15, -0.1) is 0 Å². The predicted octanol–water partition coefficient (Wildman–Crippen LogP) is 3.29. The first kappa shape index (κ1) is 15.4. The summed E-state index contributed by atoms with van der Waals surface area (Å²) in [7, 11) is 1.73. The van der Waals surface area contributed by atoms with Crippen LogP contribution in [0.15, 0.2) is 29.3 Å². The normalized spacial score (nSPS) is 8.82. The Balaban J connectivity index is 0.000000581. The number of aromatic nitrogens is 2. The second-order valence-corrected chi connectivity index (χ2v) is 3.15. The molecule has 0 saturated carbocycles. The van der Waals surface area contributed by atoms with E-state index in [2.05, 4.69) is 4.98 Å². The maximum Gasteiger partial charge on any atom is 0.251 e. The van der Waals surface area contributed by atoms with Crippen molar-refractivity contribution in [3.8, 4) is 0 Å². The fourth-order valence-electron chi connectivity index (χ4n) is 1.35. The van der Waals surface area contributed by atoms with Crippen molar-refractivity contribution >= 4 is 10.9 Å². The molecule has 17 heavy (non-hydrogen) atoms. The van der Waals surface area contributed by atoms with Crippen LogP contribution in [0.5, 0.6) is 0 Å². The zero-order valence-corrected chi connectivity index (χ0v) is 11.6. The summed E-state index contributed by atoms with van der Waals surface area (Å²) in [5, 5.41) is 0.936. The van der Waals surface area contributed by atoms with Crippen molar-refractivity contribution in [2.24, 2.45) is 7.05 Å². The first-order chi connectivity index (χ1) is 8.18. The number of hydrogen-bond donors (Lipinski definition) is 0. The van der Waals surface area contributed by atoms with Gasteiger partial charge in [-0.3, -0.25) is 9.78 Å². The quantitative estimate of drug-likeness (QED) is 0.701. The summed E-state index contributed by atoms with van der Waals surface area (Å²) < 4.78 is 1.54. The van der Waals surface area contributed by atoms with E-state index in [1.54, 1.807) is 25.5 Å². The first-order valence-corrected chi connectivity index (χ1v) is 6.10. The van der Waals surface area contributed by atoms with E-state index in [1.807, 2.05) is 40.7 Å². The van der Waals surface area contributed by atoms with Crippen LogP contribution in [0.1, 0.15) is 33.3 Å². The van der Waals surface area contributed by atoms with E-state index >= 15 is 0 Å². The fourth-order valence-corrected chi connectivity index (χ4v) is 1.35. The van der Waals surface area contributed by atoms with Crippen molar-refractivity contribution in [3.05, 3.63) is 40.4 Å². The molecule has 2 rings (SSSR count). The van der Waals surface area contributed by atoms with Crippen LogP contribution in [-0.4, -0.2) is 9.55 Å². The van der Waals surface area contributed by atoms with Gasteiger partial charge in [0, 0.05) is 30.9 Å². The van der Waals surface area contributed by atoms with E-state index in [-0.39, 0.29) is 5.56 Å². The molecule has 0 unspecified atom stereocenters. The molecule has 0 aliphatic carbocycles. The molecule has 2 aromatic heterocycles. The van der Waals surface area contributed by atoms with Gasteiger partial charge < -0.3 is 4.57 Å². The lowest BCUT2D eigenvalue weighted by atomic mass is 10.2. The van der Waals surface area contributed by atoms with Crippen molar-refractivity contribution in [2.45, 2.75) is 34.6 Å². The number of rotatable bonds is 0. The van der Waals surface area contributed by atoms with Gasteiger partial charge in [0.15, 0.2) is 0 Å². The van der Waals surface area contributed by atoms with Gasteiger partial charge in [-0.1, -0.05) is 27.7 Å². The zero-order valence-electron chi connectivity index (χ0n) is 11.6. The van der Waals surface area contributed by atoms with Gasteiger partial charge in [-0.2, -0.15) is 0 Å². The highest BCUT2D eigenvalue weighted by atomic mass is 16.1. The number of fused-ring (bicyclic) bond motifs is 1. The van der Waals surface area contributed by atoms with Crippen molar-refractivity contribution in [1.82, 2.24) is 9.55 Å². The third-order valence-electron chi connectivity index (χ3n) is 2.17. The Morgan fingerprint density at radius 3 is 2.35 bits per heavy atom. The topological polar surface area (TPSA) is 34.9 Å². The monoisotopic (exact) mass is 234 g/mol. The standard InChI is InChI=1S/C10H10N2O.2C2H6/c1-7-3-4-11-9-6-12(2)10(13)5-8(7)9;2*1-2/h3-6H,1-2H3;2*1-2H3. The highest BCUT2D eigenvalue weighted by Gasteiger charge is 1.99. The lowest BCUT2D eigenvalue weighted by molar-refractivity contribution is 0.867. The van der Waals surface area contributed by atoms with Crippen molar-refractivity contribution in [3.63, 3.8) is 0 Å². The maximum atomic E-state index is 11.3. The van der Waals surface area contributed by atoms with E-state index in [0.29, 0.717) is 0 Å². The maximum absolute atomic E-state index is 11.3. The molecule has 0 N–H and O–H groups in total. The molecule has 0 aromatic carbocycles. The molecule has 0 spiro atoms. The Morgan fingerprint density at radius 1 is 1.18 bits per heavy atom. The Kier molecular flexibility index (Phi) is 6.87. The molecule has 0 bridgehead atoms. The minimum Gasteiger partial charge on any atom is -0.316 e. The smallest absolute Gasteiger partial charge is 0.251 e. The number of pyridine rings is 2. The van der Waals surface area contributed by atoms with Crippen molar-refractivity contribution in [1.29, 1.82) is 0 Å². The molecule has 0 aliphatic rings. The first-order valence-electron chi connectivity index (χ1n) is 6.10. The van der Waals surface area contributed by atoms with Crippen LogP contribution in [0.25, 0.3) is 10.9 Å². The summed E-state index contributed by atoms with van der Waals surface area (Å²) in [6, 6.07) is 3.53. The molecule has 0 fully saturated rings. The molecule has 0 atom stereocenters. The van der Waals surface area contributed by atoms with E-state index in [4.69, 9.17) is 0 Å². The molecule has 0 amide bonds. The average Bonchev–Trinajstić information content (AvgIpc) is 2.37. The number of nitrogens with zero attached hydrogens (tertiary/aromatic N) is 2. The van der Waals surface area contributed by atoms with Crippen LogP contribution in [-0.2, 0) is 7.05 Å². The second-order valence-electron chi connectivity index (χ2n) is 3.15. The minimum atomic E-state index is 0.00333. The van der Waals surface area contributed by atoms with Crippen LogP contribution in [0.2, 0.25) is 0 Å². The van der Waals surface area contributed by atoms with Crippen molar-refractivity contribution < 1.29 is 0 Å². The zero-order chi connectivity index (χ0) is 13.4. The summed E-state index contributed by atoms with van der Waals surface area (Å²) in [6.07, 6.45) is 3.51. The van der Waals surface area contributed by atoms with E-state index in [0.717, 1.165) is 16.5 Å². The largest absolute Gasteiger partial charge is 0.316 e. The summed E-state index contributed by atoms with van der Waals surface area (Å²) in [6.45, 7) is 9.98. The highest BCUT2D eigenvalue weighted by molar-refractivity contribution is 5.80. The third-order valence-corrected chi connectivity index (χ3v) is 2.17. The SMILES string of the molecule is CC.CC.Cc1ccnc2cn(C)c(=O)cc12. The van der Waals surface area contributed by atoms with Gasteiger partial charge in [0.2, 0.25) is 0 Å². The highest BCUT2D eigenvalue weighted by Crippen LogP contribution is 2.11. The third kappa shape index (κ3) is 3.70. The molecular formula is C14H22N2O. The van der Waals surface area contributed by atoms with Crippen LogP contribution in [0.4, 0.5) is 0 Å². The molecule has 3 heteroatoms. The van der Waals surface area contributed by atoms with Gasteiger partial charge in [0.25, 0.3) is 5.56 Å². The van der Waals surface area contributed by atoms with Crippen LogP contribution >= 0.6 is 0 Å². The van der Waals surface area contributed by atoms with Crippen LogP contribution < -0.4 is 5.56 Å². The number of hydrogen-bond acceptors (Lipinski definition) is 2. The number of aryl methyl sites for hydroxylation is 2. The van der Waals surface area contributed by atoms with Gasteiger partial charge in [0.05, 0.1) is 5.52 Å². The minimum absolute atomic E-state index is 0.00333. The van der Waals surface area contributed by atoms with E-state index < -0.39 is 0 Å². The summed E-state index contributed by atoms with van der Waals surface area (Å²) in [4.78, 5) is 15.5. The Labute approximate surface area is 103 Å². The van der Waals surface area contributed by atoms with E-state index in [9.17, 15) is 4.79 Å². The van der Waals surface area contributed by atoms with Gasteiger partial charge in [-0.25, -0.2) is 0 Å². The van der Waals surface area contributed by atoms with Gasteiger partial charge >= 0.3 is 0 Å². The lowest BCUT2D eigenvalue weighted by Crippen LogP contribution is -2.14. The second kappa shape index (κ2) is 7.60. The molecular weight excluding hydrogens is 212 g/mol. The molecule has 0 radical (unpaired) electrons. The Hall–Kier alpha value is -1.64. The van der Waals surface area contributed by atoms with Crippen LogP contribution in [0, 0.1) is 6.92 Å². The Bertz CT molecular complexity index is 515. The molecule has 0 aliphatic heterocycles. The van der Waals surface area contributed by atoms with Gasteiger partial charge in [0.1, 0.15) is 0 Å². The summed E-state index contributed by atoms with van der Waals surface area (Å²) >= 11 is 0. The summed E-state index contributed by atoms with van der Waals surface area (Å²) in [5.74, 6) is 0. The van der Waals surface area contributed by atoms with Crippen molar-refractivity contribution in [2.75, 3.05) is 0 Å². The van der Waals surface area contributed by atoms with E-state index in [1.165, 1.54) is 4.57 Å². The molecule has 94 valence electrons. The molecule has 0 saturated heterocycles. The average molecular weight is 234 g/mol. The Morgan fingerprint density at radius 2 is 1.76 bits per heavy atom. The lowest BCUT2D eigenvalue weighted by Gasteiger charge is -2.02. The fraction of sp³-hybridized carbons (Fsp3) is 0.429. The molecule has 3 nitrogen and oxygen atoms in total. The predicted molar refractivity (Wildman–Crippen MR) is 74.4 cm³/mol. The van der Waals surface area contributed by atoms with Gasteiger partial charge in [-0.05, 0) is 18.6 Å². The molecule has 2 aromatic rings.